The molecule has 0 bridgehead atoms. The molecule has 3 rings (SSSR count). The van der Waals surface area contributed by atoms with Crippen molar-refractivity contribution in [3.63, 3.8) is 0 Å². The number of nitrogens with zero attached hydrogens (tertiary/aromatic N) is 2. The molecular formula is C33H43N3O4S. The number of carbonyl (C=O) groups is 2. The fraction of sp³-hybridized carbons (Fsp3) is 0.394. The van der Waals surface area contributed by atoms with Gasteiger partial charge in [0, 0.05) is 12.1 Å². The van der Waals surface area contributed by atoms with E-state index in [0.717, 1.165) is 21.0 Å². The number of sulfonamides is 1. The van der Waals surface area contributed by atoms with Crippen LogP contribution >= 0.6 is 0 Å². The van der Waals surface area contributed by atoms with E-state index in [1.807, 2.05) is 71.0 Å². The molecule has 2 amide bonds. The summed E-state index contributed by atoms with van der Waals surface area (Å²) in [5.41, 5.74) is 2.82. The van der Waals surface area contributed by atoms with Gasteiger partial charge in [-0.05, 0) is 81.0 Å². The van der Waals surface area contributed by atoms with E-state index < -0.39 is 34.1 Å². The summed E-state index contributed by atoms with van der Waals surface area (Å²) in [6.45, 7) is 13.3. The normalized spacial score (nSPS) is 12.6. The highest BCUT2D eigenvalue weighted by molar-refractivity contribution is 7.92. The molecule has 0 aliphatic rings. The summed E-state index contributed by atoms with van der Waals surface area (Å²) in [6.07, 6.45) is 0.369. The third-order valence-electron chi connectivity index (χ3n) is 6.94. The zero-order chi connectivity index (χ0) is 30.4. The Kier molecular flexibility index (Phi) is 10.4. The second kappa shape index (κ2) is 13.3. The summed E-state index contributed by atoms with van der Waals surface area (Å²) in [5.74, 6) is -0.474. The van der Waals surface area contributed by atoms with E-state index in [1.165, 1.54) is 17.0 Å². The molecule has 0 fully saturated rings. The first-order valence-electron chi connectivity index (χ1n) is 14.1. The Morgan fingerprint density at radius 3 is 2.00 bits per heavy atom. The van der Waals surface area contributed by atoms with Crippen LogP contribution in [0.1, 0.15) is 70.6 Å². The Hall–Kier alpha value is -3.65. The number of carbonyl (C=O) groups excluding carboxylic acids is 2. The number of benzene rings is 3. The van der Waals surface area contributed by atoms with Crippen molar-refractivity contribution in [2.75, 3.05) is 10.8 Å². The lowest BCUT2D eigenvalue weighted by Crippen LogP contribution is -2.55. The van der Waals surface area contributed by atoms with Crippen LogP contribution in [-0.4, -0.2) is 43.3 Å². The first-order valence-corrected chi connectivity index (χ1v) is 15.5. The molecule has 0 saturated heterocycles. The van der Waals surface area contributed by atoms with Gasteiger partial charge in [0.15, 0.2) is 0 Å². The lowest BCUT2D eigenvalue weighted by atomic mass is 10.0. The second-order valence-corrected chi connectivity index (χ2v) is 13.5. The van der Waals surface area contributed by atoms with Crippen LogP contribution < -0.4 is 9.62 Å². The van der Waals surface area contributed by atoms with Crippen molar-refractivity contribution in [2.24, 2.45) is 0 Å². The molecule has 0 aliphatic carbocycles. The average molecular weight is 578 g/mol. The Morgan fingerprint density at radius 2 is 1.46 bits per heavy atom. The minimum atomic E-state index is -4.09. The van der Waals surface area contributed by atoms with Gasteiger partial charge in [0.1, 0.15) is 12.6 Å². The van der Waals surface area contributed by atoms with E-state index >= 15 is 0 Å². The van der Waals surface area contributed by atoms with Crippen LogP contribution in [0.4, 0.5) is 5.69 Å². The molecule has 1 N–H and O–H groups in total. The minimum Gasteiger partial charge on any atom is -0.350 e. The van der Waals surface area contributed by atoms with Gasteiger partial charge in [-0.15, -0.1) is 0 Å². The fourth-order valence-corrected chi connectivity index (χ4v) is 6.05. The minimum absolute atomic E-state index is 0.0868. The van der Waals surface area contributed by atoms with Crippen molar-refractivity contribution in [2.45, 2.75) is 83.8 Å². The maximum absolute atomic E-state index is 14.2. The summed E-state index contributed by atoms with van der Waals surface area (Å²) in [6, 6.07) is 22.2. The van der Waals surface area contributed by atoms with E-state index in [-0.39, 0.29) is 23.3 Å². The molecule has 0 radical (unpaired) electrons. The number of rotatable bonds is 11. The van der Waals surface area contributed by atoms with E-state index in [0.29, 0.717) is 12.1 Å². The standard InChI is InChI=1S/C33H43N3O4S/c1-8-30(32(38)34-33(5,6)7)35(22-27-15-13-12-14-25(27)4)31(37)23-36(28-20-18-26(19-21-28)24(2)3)41(39,40)29-16-10-9-11-17-29/h9-21,24,30H,8,22-23H2,1-7H3,(H,34,38)/t30-/m0/s1. The number of hydrogen-bond donors (Lipinski definition) is 1. The monoisotopic (exact) mass is 577 g/mol. The Balaban J connectivity index is 2.08. The lowest BCUT2D eigenvalue weighted by Gasteiger charge is -2.35. The van der Waals surface area contributed by atoms with Gasteiger partial charge in [0.2, 0.25) is 11.8 Å². The maximum Gasteiger partial charge on any atom is 0.264 e. The summed E-state index contributed by atoms with van der Waals surface area (Å²) < 4.78 is 29.1. The molecule has 8 heteroatoms. The van der Waals surface area contributed by atoms with Gasteiger partial charge in [0.25, 0.3) is 10.0 Å². The number of aryl methyl sites for hydroxylation is 1. The lowest BCUT2D eigenvalue weighted by molar-refractivity contribution is -0.141. The van der Waals surface area contributed by atoms with Crippen molar-refractivity contribution in [1.29, 1.82) is 0 Å². The smallest absolute Gasteiger partial charge is 0.264 e. The third kappa shape index (κ3) is 8.19. The SMILES string of the molecule is CC[C@@H](C(=O)NC(C)(C)C)N(Cc1ccccc1C)C(=O)CN(c1ccc(C(C)C)cc1)S(=O)(=O)c1ccccc1. The summed E-state index contributed by atoms with van der Waals surface area (Å²) in [7, 11) is -4.09. The van der Waals surface area contributed by atoms with Crippen LogP contribution in [0.2, 0.25) is 0 Å². The van der Waals surface area contributed by atoms with Crippen LogP contribution in [0.15, 0.2) is 83.8 Å². The van der Waals surface area contributed by atoms with Gasteiger partial charge < -0.3 is 10.2 Å². The number of nitrogens with one attached hydrogen (secondary N) is 1. The first kappa shape index (κ1) is 31.9. The van der Waals surface area contributed by atoms with E-state index in [2.05, 4.69) is 19.2 Å². The van der Waals surface area contributed by atoms with E-state index in [9.17, 15) is 18.0 Å². The molecule has 3 aromatic carbocycles. The van der Waals surface area contributed by atoms with Gasteiger partial charge in [0.05, 0.1) is 10.6 Å². The molecule has 0 saturated carbocycles. The summed E-state index contributed by atoms with van der Waals surface area (Å²) in [5, 5.41) is 3.00. The van der Waals surface area contributed by atoms with Gasteiger partial charge in [-0.25, -0.2) is 8.42 Å². The van der Waals surface area contributed by atoms with Gasteiger partial charge in [-0.1, -0.05) is 75.4 Å². The first-order chi connectivity index (χ1) is 19.2. The maximum atomic E-state index is 14.2. The van der Waals surface area contributed by atoms with Crippen LogP contribution in [0.25, 0.3) is 0 Å². The van der Waals surface area contributed by atoms with Gasteiger partial charge in [-0.2, -0.15) is 0 Å². The van der Waals surface area contributed by atoms with Crippen LogP contribution in [0.3, 0.4) is 0 Å². The van der Waals surface area contributed by atoms with Crippen molar-refractivity contribution < 1.29 is 18.0 Å². The molecule has 0 aromatic heterocycles. The number of amides is 2. The quantitative estimate of drug-likeness (QED) is 0.301. The van der Waals surface area contributed by atoms with Gasteiger partial charge in [-0.3, -0.25) is 13.9 Å². The van der Waals surface area contributed by atoms with E-state index in [1.54, 1.807) is 30.3 Å². The predicted octanol–water partition coefficient (Wildman–Crippen LogP) is 6.04. The van der Waals surface area contributed by atoms with Crippen LogP contribution in [-0.2, 0) is 26.2 Å². The second-order valence-electron chi connectivity index (χ2n) is 11.7. The molecule has 0 spiro atoms. The molecule has 7 nitrogen and oxygen atoms in total. The molecule has 0 unspecified atom stereocenters. The molecular weight excluding hydrogens is 534 g/mol. The number of anilines is 1. The van der Waals surface area contributed by atoms with Gasteiger partial charge >= 0.3 is 0 Å². The molecule has 3 aromatic rings. The molecule has 0 heterocycles. The molecule has 0 aliphatic heterocycles. The highest BCUT2D eigenvalue weighted by atomic mass is 32.2. The zero-order valence-electron chi connectivity index (χ0n) is 25.2. The highest BCUT2D eigenvalue weighted by Crippen LogP contribution is 2.27. The van der Waals surface area contributed by atoms with Crippen LogP contribution in [0, 0.1) is 6.92 Å². The summed E-state index contributed by atoms with van der Waals surface area (Å²) in [4.78, 5) is 29.3. The van der Waals surface area contributed by atoms with Crippen LogP contribution in [0.5, 0.6) is 0 Å². The summed E-state index contributed by atoms with van der Waals surface area (Å²) >= 11 is 0. The predicted molar refractivity (Wildman–Crippen MR) is 165 cm³/mol. The Morgan fingerprint density at radius 1 is 0.878 bits per heavy atom. The average Bonchev–Trinajstić information content (AvgIpc) is 2.92. The molecule has 1 atom stereocenters. The number of hydrogen-bond acceptors (Lipinski definition) is 4. The van der Waals surface area contributed by atoms with Crippen molar-refractivity contribution in [3.05, 3.63) is 95.6 Å². The zero-order valence-corrected chi connectivity index (χ0v) is 26.0. The van der Waals surface area contributed by atoms with E-state index in [4.69, 9.17) is 0 Å². The fourth-order valence-electron chi connectivity index (χ4n) is 4.62. The third-order valence-corrected chi connectivity index (χ3v) is 8.73. The Bertz CT molecular complexity index is 1430. The molecule has 41 heavy (non-hydrogen) atoms. The molecule has 220 valence electrons. The highest BCUT2D eigenvalue weighted by Gasteiger charge is 2.34. The topological polar surface area (TPSA) is 86.8 Å². The van der Waals surface area contributed by atoms with Crippen molar-refractivity contribution in [3.8, 4) is 0 Å². The van der Waals surface area contributed by atoms with Crippen molar-refractivity contribution in [1.82, 2.24) is 10.2 Å². The largest absolute Gasteiger partial charge is 0.350 e. The Labute approximate surface area is 245 Å². The van der Waals surface area contributed by atoms with Crippen molar-refractivity contribution >= 4 is 27.5 Å².